The third kappa shape index (κ3) is 2.71. The van der Waals surface area contributed by atoms with Crippen LogP contribution in [0.1, 0.15) is 39.0 Å². The molecule has 0 aliphatic carbocycles. The van der Waals surface area contributed by atoms with Crippen molar-refractivity contribution in [3.8, 4) is 0 Å². The predicted octanol–water partition coefficient (Wildman–Crippen LogP) is 1.96. The number of Topliss-reactive ketones (excluding diaryl/α,β-unsaturated/α-hetero) is 1. The van der Waals surface area contributed by atoms with Gasteiger partial charge in [0.15, 0.2) is 5.78 Å². The Morgan fingerprint density at radius 3 is 2.58 bits per heavy atom. The molecule has 3 heterocycles. The zero-order valence-electron chi connectivity index (χ0n) is 11.7. The number of ketones is 1. The van der Waals surface area contributed by atoms with Gasteiger partial charge in [-0.05, 0) is 38.0 Å². The van der Waals surface area contributed by atoms with Crippen molar-refractivity contribution >= 4 is 5.78 Å². The molecule has 3 atom stereocenters. The molecule has 0 N–H and O–H groups in total. The highest BCUT2D eigenvalue weighted by atomic mass is 16.5. The summed E-state index contributed by atoms with van der Waals surface area (Å²) in [5.41, 5.74) is -0.0985. The molecule has 108 valence electrons. The van der Waals surface area contributed by atoms with Crippen molar-refractivity contribution in [3.63, 3.8) is 0 Å². The average molecular weight is 268 g/mol. The lowest BCUT2D eigenvalue weighted by atomic mass is 9.77. The molecule has 0 aromatic rings. The van der Waals surface area contributed by atoms with Gasteiger partial charge in [0.2, 0.25) is 0 Å². The number of rotatable bonds is 2. The van der Waals surface area contributed by atoms with E-state index in [9.17, 15) is 4.79 Å². The Kier molecular flexibility index (Phi) is 3.92. The summed E-state index contributed by atoms with van der Waals surface area (Å²) in [7, 11) is 0. The Morgan fingerprint density at radius 1 is 1.11 bits per heavy atom. The Labute approximate surface area is 114 Å². The van der Waals surface area contributed by atoms with Gasteiger partial charge in [0.05, 0.1) is 5.60 Å². The summed E-state index contributed by atoms with van der Waals surface area (Å²) in [6.07, 6.45) is 4.42. The van der Waals surface area contributed by atoms with Crippen molar-refractivity contribution in [1.29, 1.82) is 0 Å². The molecule has 3 aliphatic heterocycles. The topological polar surface area (TPSA) is 44.8 Å². The van der Waals surface area contributed by atoms with E-state index in [4.69, 9.17) is 14.2 Å². The normalized spacial score (nSPS) is 38.5. The van der Waals surface area contributed by atoms with E-state index in [2.05, 4.69) is 6.92 Å². The van der Waals surface area contributed by atoms with Crippen molar-refractivity contribution in [3.05, 3.63) is 0 Å². The number of carbonyl (C=O) groups is 1. The first kappa shape index (κ1) is 13.5. The monoisotopic (exact) mass is 268 g/mol. The van der Waals surface area contributed by atoms with E-state index >= 15 is 0 Å². The molecule has 3 unspecified atom stereocenters. The van der Waals surface area contributed by atoms with Gasteiger partial charge >= 0.3 is 0 Å². The van der Waals surface area contributed by atoms with Gasteiger partial charge in [0.25, 0.3) is 0 Å². The lowest BCUT2D eigenvalue weighted by Gasteiger charge is -2.43. The molecule has 4 nitrogen and oxygen atoms in total. The maximum absolute atomic E-state index is 12.6. The third-order valence-electron chi connectivity index (χ3n) is 4.97. The van der Waals surface area contributed by atoms with Crippen LogP contribution in [0.5, 0.6) is 0 Å². The summed E-state index contributed by atoms with van der Waals surface area (Å²) >= 11 is 0. The van der Waals surface area contributed by atoms with Crippen molar-refractivity contribution in [2.75, 3.05) is 26.4 Å². The van der Waals surface area contributed by atoms with Crippen molar-refractivity contribution < 1.29 is 19.0 Å². The van der Waals surface area contributed by atoms with Crippen LogP contribution in [0.4, 0.5) is 0 Å². The van der Waals surface area contributed by atoms with E-state index in [0.717, 1.165) is 51.9 Å². The molecule has 4 heteroatoms. The molecule has 3 saturated heterocycles. The van der Waals surface area contributed by atoms with Crippen LogP contribution < -0.4 is 0 Å². The molecule has 19 heavy (non-hydrogen) atoms. The van der Waals surface area contributed by atoms with E-state index in [1.54, 1.807) is 0 Å². The summed E-state index contributed by atoms with van der Waals surface area (Å²) in [5.74, 6) is 0.817. The van der Waals surface area contributed by atoms with Crippen LogP contribution in [0, 0.1) is 11.8 Å². The molecule has 0 aromatic carbocycles. The van der Waals surface area contributed by atoms with Crippen LogP contribution in [-0.2, 0) is 19.0 Å². The van der Waals surface area contributed by atoms with E-state index in [-0.39, 0.29) is 17.6 Å². The molecular formula is C15H24O4. The summed E-state index contributed by atoms with van der Waals surface area (Å²) < 4.78 is 17.1. The predicted molar refractivity (Wildman–Crippen MR) is 70.0 cm³/mol. The van der Waals surface area contributed by atoms with Crippen LogP contribution in [0.25, 0.3) is 0 Å². The molecular weight excluding hydrogens is 244 g/mol. The van der Waals surface area contributed by atoms with Crippen molar-refractivity contribution in [2.45, 2.75) is 50.7 Å². The van der Waals surface area contributed by atoms with Gasteiger partial charge < -0.3 is 14.2 Å². The number of ether oxygens (including phenoxy) is 3. The second-order valence-electron chi connectivity index (χ2n) is 6.29. The van der Waals surface area contributed by atoms with Crippen LogP contribution in [0.15, 0.2) is 0 Å². The van der Waals surface area contributed by atoms with Crippen LogP contribution in [-0.4, -0.2) is 43.9 Å². The molecule has 0 radical (unpaired) electrons. The largest absolute Gasteiger partial charge is 0.381 e. The van der Waals surface area contributed by atoms with Crippen LogP contribution in [0.2, 0.25) is 0 Å². The first-order valence-corrected chi connectivity index (χ1v) is 7.57. The molecule has 3 fully saturated rings. The van der Waals surface area contributed by atoms with Gasteiger partial charge in [0.1, 0.15) is 6.10 Å². The minimum atomic E-state index is -0.167. The van der Waals surface area contributed by atoms with Gasteiger partial charge in [0, 0.05) is 32.3 Å². The van der Waals surface area contributed by atoms with Crippen LogP contribution in [0.3, 0.4) is 0 Å². The number of carbonyl (C=O) groups excluding carboxylic acids is 1. The van der Waals surface area contributed by atoms with Gasteiger partial charge in [-0.25, -0.2) is 0 Å². The van der Waals surface area contributed by atoms with Crippen molar-refractivity contribution in [2.24, 2.45) is 11.8 Å². The second-order valence-corrected chi connectivity index (χ2v) is 6.29. The molecule has 0 bridgehead atoms. The molecule has 3 aliphatic rings. The smallest absolute Gasteiger partial charge is 0.165 e. The number of hydrogen-bond donors (Lipinski definition) is 0. The first-order valence-electron chi connectivity index (χ1n) is 7.57. The van der Waals surface area contributed by atoms with Gasteiger partial charge in [-0.15, -0.1) is 0 Å². The maximum Gasteiger partial charge on any atom is 0.165 e. The molecule has 3 rings (SSSR count). The Balaban J connectivity index is 1.65. The van der Waals surface area contributed by atoms with Crippen LogP contribution >= 0.6 is 0 Å². The van der Waals surface area contributed by atoms with E-state index in [1.807, 2.05) is 0 Å². The summed E-state index contributed by atoms with van der Waals surface area (Å²) in [4.78, 5) is 12.6. The SMILES string of the molecule is CC1CCOC1C(=O)C1CCOC2(CCOCC2)C1. The highest BCUT2D eigenvalue weighted by Gasteiger charge is 2.44. The molecule has 1 spiro atoms. The molecule has 0 aromatic heterocycles. The lowest BCUT2D eigenvalue weighted by molar-refractivity contribution is -0.162. The fourth-order valence-corrected chi connectivity index (χ4v) is 3.65. The zero-order valence-corrected chi connectivity index (χ0v) is 11.7. The zero-order chi connectivity index (χ0) is 13.3. The Bertz CT molecular complexity index is 330. The van der Waals surface area contributed by atoms with Crippen molar-refractivity contribution in [1.82, 2.24) is 0 Å². The Morgan fingerprint density at radius 2 is 1.89 bits per heavy atom. The minimum absolute atomic E-state index is 0.0985. The first-order chi connectivity index (χ1) is 9.20. The highest BCUT2D eigenvalue weighted by Crippen LogP contribution is 2.39. The average Bonchev–Trinajstić information content (AvgIpc) is 2.85. The van der Waals surface area contributed by atoms with Gasteiger partial charge in [-0.1, -0.05) is 6.92 Å². The fourth-order valence-electron chi connectivity index (χ4n) is 3.65. The summed E-state index contributed by atoms with van der Waals surface area (Å²) in [6.45, 7) is 5.09. The molecule has 0 saturated carbocycles. The van der Waals surface area contributed by atoms with Gasteiger partial charge in [-0.3, -0.25) is 4.79 Å². The quantitative estimate of drug-likeness (QED) is 0.768. The standard InChI is InChI=1S/C15H24O4/c1-11-2-6-18-14(11)13(16)12-3-7-19-15(10-12)4-8-17-9-5-15/h11-12,14H,2-10H2,1H3. The number of hydrogen-bond acceptors (Lipinski definition) is 4. The lowest BCUT2D eigenvalue weighted by Crippen LogP contribution is -2.47. The van der Waals surface area contributed by atoms with Gasteiger partial charge in [-0.2, -0.15) is 0 Å². The third-order valence-corrected chi connectivity index (χ3v) is 4.97. The van der Waals surface area contributed by atoms with E-state index in [0.29, 0.717) is 18.3 Å². The minimum Gasteiger partial charge on any atom is -0.381 e. The fraction of sp³-hybridized carbons (Fsp3) is 0.933. The Hall–Kier alpha value is -0.450. The summed E-state index contributed by atoms with van der Waals surface area (Å²) in [6, 6.07) is 0. The maximum atomic E-state index is 12.6. The molecule has 0 amide bonds. The summed E-state index contributed by atoms with van der Waals surface area (Å²) in [5, 5.41) is 0. The van der Waals surface area contributed by atoms with E-state index in [1.165, 1.54) is 0 Å². The van der Waals surface area contributed by atoms with E-state index < -0.39 is 0 Å². The highest BCUT2D eigenvalue weighted by molar-refractivity contribution is 5.86. The second kappa shape index (κ2) is 5.51.